The summed E-state index contributed by atoms with van der Waals surface area (Å²) < 4.78 is 1.88. The lowest BCUT2D eigenvalue weighted by atomic mass is 10.3. The van der Waals surface area contributed by atoms with Gasteiger partial charge in [-0.05, 0) is 23.3 Å². The minimum atomic E-state index is -0.292. The Morgan fingerprint density at radius 2 is 2.27 bits per heavy atom. The van der Waals surface area contributed by atoms with Gasteiger partial charge in [0.25, 0.3) is 0 Å². The Labute approximate surface area is 91.4 Å². The highest BCUT2D eigenvalue weighted by molar-refractivity contribution is 7.99. The maximum atomic E-state index is 9.67. The van der Waals surface area contributed by atoms with E-state index >= 15 is 0 Å². The van der Waals surface area contributed by atoms with Crippen LogP contribution in [0, 0.1) is 0 Å². The molecule has 15 heavy (non-hydrogen) atoms. The van der Waals surface area contributed by atoms with Crippen LogP contribution in [0.4, 0.5) is 0 Å². The molecule has 0 radical (unpaired) electrons. The first-order valence-electron chi connectivity index (χ1n) is 5.18. The van der Waals surface area contributed by atoms with Crippen molar-refractivity contribution in [3.05, 3.63) is 0 Å². The zero-order valence-electron chi connectivity index (χ0n) is 8.20. The highest BCUT2D eigenvalue weighted by Gasteiger charge is 2.32. The number of nitrogens with zero attached hydrogens (tertiary/aromatic N) is 4. The molecule has 0 bridgehead atoms. The molecule has 1 aliphatic carbocycles. The van der Waals surface area contributed by atoms with Gasteiger partial charge in [-0.1, -0.05) is 11.8 Å². The Morgan fingerprint density at radius 1 is 1.40 bits per heavy atom. The fraction of sp³-hybridized carbons (Fsp3) is 0.875. The molecule has 0 amide bonds. The Bertz CT molecular complexity index is 353. The third kappa shape index (κ3) is 1.86. The summed E-state index contributed by atoms with van der Waals surface area (Å²) in [6.45, 7) is 1.49. The summed E-state index contributed by atoms with van der Waals surface area (Å²) >= 11 is 1.58. The number of tetrazole rings is 1. The maximum Gasteiger partial charge on any atom is 0.209 e. The minimum Gasteiger partial charge on any atom is -0.391 e. The fourth-order valence-electron chi connectivity index (χ4n) is 1.71. The molecular formula is C8H13N5OS. The van der Waals surface area contributed by atoms with Crippen LogP contribution in [0.2, 0.25) is 0 Å². The minimum absolute atomic E-state index is 0.175. The second-order valence-electron chi connectivity index (χ2n) is 4.02. The fourth-order valence-corrected chi connectivity index (χ4v) is 2.81. The van der Waals surface area contributed by atoms with Gasteiger partial charge in [-0.3, -0.25) is 0 Å². The lowest BCUT2D eigenvalue weighted by Crippen LogP contribution is -2.20. The number of thioether (sulfide) groups is 1. The molecule has 6 nitrogen and oxygen atoms in total. The van der Waals surface area contributed by atoms with Gasteiger partial charge in [0.05, 0.1) is 17.4 Å². The number of nitrogens with one attached hydrogen (secondary N) is 1. The van der Waals surface area contributed by atoms with E-state index < -0.39 is 0 Å². The molecule has 2 fully saturated rings. The lowest BCUT2D eigenvalue weighted by Gasteiger charge is -2.11. The predicted octanol–water partition coefficient (Wildman–Crippen LogP) is -0.567. The first-order valence-corrected chi connectivity index (χ1v) is 6.06. The van der Waals surface area contributed by atoms with Crippen LogP contribution >= 0.6 is 11.8 Å². The highest BCUT2D eigenvalue weighted by atomic mass is 32.2. The summed E-state index contributed by atoms with van der Waals surface area (Å²) in [6, 6.07) is 0.494. The molecule has 7 heteroatoms. The van der Waals surface area contributed by atoms with Gasteiger partial charge in [0.1, 0.15) is 0 Å². The summed E-state index contributed by atoms with van der Waals surface area (Å²) in [6.07, 6.45) is 2.05. The summed E-state index contributed by atoms with van der Waals surface area (Å²) in [7, 11) is 0. The van der Waals surface area contributed by atoms with Gasteiger partial charge in [0.2, 0.25) is 5.16 Å². The van der Waals surface area contributed by atoms with Crippen LogP contribution < -0.4 is 5.32 Å². The highest BCUT2D eigenvalue weighted by Crippen LogP contribution is 2.37. The van der Waals surface area contributed by atoms with Crippen LogP contribution in [0.25, 0.3) is 0 Å². The monoisotopic (exact) mass is 227 g/mol. The molecule has 3 rings (SSSR count). The Kier molecular flexibility index (Phi) is 2.38. The van der Waals surface area contributed by atoms with Gasteiger partial charge in [-0.2, -0.15) is 0 Å². The van der Waals surface area contributed by atoms with Crippen LogP contribution in [-0.2, 0) is 0 Å². The van der Waals surface area contributed by atoms with E-state index in [4.69, 9.17) is 0 Å². The van der Waals surface area contributed by atoms with E-state index in [2.05, 4.69) is 20.8 Å². The van der Waals surface area contributed by atoms with Gasteiger partial charge in [0, 0.05) is 13.1 Å². The van der Waals surface area contributed by atoms with E-state index in [1.165, 1.54) is 12.8 Å². The molecule has 2 heterocycles. The molecule has 1 aromatic heterocycles. The molecule has 1 saturated carbocycles. The third-order valence-corrected chi connectivity index (χ3v) is 4.00. The summed E-state index contributed by atoms with van der Waals surface area (Å²) in [5, 5.41) is 25.5. The lowest BCUT2D eigenvalue weighted by molar-refractivity contribution is 0.201. The van der Waals surface area contributed by atoms with E-state index in [1.54, 1.807) is 11.8 Å². The molecule has 0 aromatic carbocycles. The van der Waals surface area contributed by atoms with Crippen molar-refractivity contribution in [2.24, 2.45) is 0 Å². The van der Waals surface area contributed by atoms with Crippen LogP contribution in [0.5, 0.6) is 0 Å². The van der Waals surface area contributed by atoms with Gasteiger partial charge < -0.3 is 10.4 Å². The SMILES string of the molecule is OC1CNCC1Sc1nnnn1C1CC1. The zero-order chi connectivity index (χ0) is 10.3. The van der Waals surface area contributed by atoms with Crippen molar-refractivity contribution in [2.75, 3.05) is 13.1 Å². The van der Waals surface area contributed by atoms with Crippen LogP contribution in [0.15, 0.2) is 5.16 Å². The molecular weight excluding hydrogens is 214 g/mol. The van der Waals surface area contributed by atoms with Crippen molar-refractivity contribution in [3.8, 4) is 0 Å². The first-order chi connectivity index (χ1) is 7.34. The third-order valence-electron chi connectivity index (χ3n) is 2.74. The normalized spacial score (nSPS) is 31.0. The van der Waals surface area contributed by atoms with E-state index in [1.807, 2.05) is 4.68 Å². The topological polar surface area (TPSA) is 75.9 Å². The number of aliphatic hydroxyl groups excluding tert-OH is 1. The number of β-amino-alcohol motifs (C(OH)–C–C–N with tert-alkyl or cyclic N) is 1. The zero-order valence-corrected chi connectivity index (χ0v) is 9.02. The molecule has 2 N–H and O–H groups in total. The second kappa shape index (κ2) is 3.73. The smallest absolute Gasteiger partial charge is 0.209 e. The summed E-state index contributed by atoms with van der Waals surface area (Å²) in [4.78, 5) is 0. The average Bonchev–Trinajstić information content (AvgIpc) is 2.85. The Balaban J connectivity index is 1.72. The second-order valence-corrected chi connectivity index (χ2v) is 5.23. The van der Waals surface area contributed by atoms with Crippen molar-refractivity contribution in [1.29, 1.82) is 0 Å². The van der Waals surface area contributed by atoms with E-state index in [0.29, 0.717) is 12.6 Å². The van der Waals surface area contributed by atoms with E-state index in [-0.39, 0.29) is 11.4 Å². The van der Waals surface area contributed by atoms with Crippen molar-refractivity contribution in [3.63, 3.8) is 0 Å². The van der Waals surface area contributed by atoms with Crippen molar-refractivity contribution >= 4 is 11.8 Å². The number of rotatable bonds is 3. The molecule has 1 saturated heterocycles. The first kappa shape index (κ1) is 9.56. The summed E-state index contributed by atoms with van der Waals surface area (Å²) in [5.74, 6) is 0. The van der Waals surface area contributed by atoms with Crippen molar-refractivity contribution in [2.45, 2.75) is 35.4 Å². The van der Waals surface area contributed by atoms with E-state index in [9.17, 15) is 5.11 Å². The van der Waals surface area contributed by atoms with Gasteiger partial charge in [-0.25, -0.2) is 4.68 Å². The van der Waals surface area contributed by atoms with Crippen LogP contribution in [-0.4, -0.2) is 49.8 Å². The standard InChI is InChI=1S/C8H13N5OS/c14-6-3-9-4-7(6)15-8-10-11-12-13(8)5-1-2-5/h5-7,9,14H,1-4H2. The summed E-state index contributed by atoms with van der Waals surface area (Å²) in [5.41, 5.74) is 0. The number of aliphatic hydroxyl groups is 1. The van der Waals surface area contributed by atoms with Gasteiger partial charge >= 0.3 is 0 Å². The number of hydrogen-bond donors (Lipinski definition) is 2. The molecule has 2 unspecified atom stereocenters. The van der Waals surface area contributed by atoms with Gasteiger partial charge in [0.15, 0.2) is 0 Å². The quantitative estimate of drug-likeness (QED) is 0.720. The van der Waals surface area contributed by atoms with Crippen molar-refractivity contribution < 1.29 is 5.11 Å². The average molecular weight is 227 g/mol. The molecule has 0 spiro atoms. The Hall–Kier alpha value is -0.660. The maximum absolute atomic E-state index is 9.67. The molecule has 1 aliphatic heterocycles. The molecule has 2 atom stereocenters. The number of hydrogen-bond acceptors (Lipinski definition) is 6. The number of aromatic nitrogens is 4. The molecule has 1 aromatic rings. The largest absolute Gasteiger partial charge is 0.391 e. The van der Waals surface area contributed by atoms with E-state index in [0.717, 1.165) is 11.7 Å². The Morgan fingerprint density at radius 3 is 2.93 bits per heavy atom. The van der Waals surface area contributed by atoms with Crippen LogP contribution in [0.1, 0.15) is 18.9 Å². The van der Waals surface area contributed by atoms with Gasteiger partial charge in [-0.15, -0.1) is 5.10 Å². The van der Waals surface area contributed by atoms with Crippen LogP contribution in [0.3, 0.4) is 0 Å². The predicted molar refractivity (Wildman–Crippen MR) is 54.6 cm³/mol. The molecule has 2 aliphatic rings. The van der Waals surface area contributed by atoms with Crippen molar-refractivity contribution in [1.82, 2.24) is 25.5 Å². The molecule has 82 valence electrons.